The third-order valence-corrected chi connectivity index (χ3v) is 3.71. The number of para-hydroxylation sites is 2. The van der Waals surface area contributed by atoms with Crippen LogP contribution in [-0.4, -0.2) is 32.3 Å². The zero-order valence-electron chi connectivity index (χ0n) is 12.8. The van der Waals surface area contributed by atoms with Gasteiger partial charge in [-0.3, -0.25) is 4.79 Å². The molecule has 1 unspecified atom stereocenters. The Morgan fingerprint density at radius 1 is 1.23 bits per heavy atom. The highest BCUT2D eigenvalue weighted by Gasteiger charge is 2.25. The van der Waals surface area contributed by atoms with E-state index in [9.17, 15) is 4.79 Å². The van der Waals surface area contributed by atoms with Crippen LogP contribution in [0.3, 0.4) is 0 Å². The van der Waals surface area contributed by atoms with E-state index in [1.807, 2.05) is 49.4 Å². The fourth-order valence-corrected chi connectivity index (χ4v) is 2.30. The van der Waals surface area contributed by atoms with Crippen molar-refractivity contribution in [3.05, 3.63) is 59.7 Å². The highest BCUT2D eigenvalue weighted by atomic mass is 16.6. The summed E-state index contributed by atoms with van der Waals surface area (Å²) >= 11 is 0. The summed E-state index contributed by atoms with van der Waals surface area (Å²) in [6.45, 7) is 3.17. The number of aryl methyl sites for hydroxylation is 1. The summed E-state index contributed by atoms with van der Waals surface area (Å²) in [7, 11) is 1.77. The standard InChI is InChI=1S/C18H19NO3/c1-13-7-6-10-16(17(13)22-12-15-11-21-15)18(20)19(2)14-8-4-3-5-9-14/h3-10,15H,11-12H2,1-2H3. The fraction of sp³-hybridized carbons (Fsp3) is 0.278. The molecule has 22 heavy (non-hydrogen) atoms. The molecule has 4 nitrogen and oxygen atoms in total. The lowest BCUT2D eigenvalue weighted by Gasteiger charge is -2.20. The Kier molecular flexibility index (Phi) is 4.11. The van der Waals surface area contributed by atoms with Gasteiger partial charge in [0.1, 0.15) is 18.5 Å². The lowest BCUT2D eigenvalue weighted by atomic mass is 10.1. The van der Waals surface area contributed by atoms with Crippen molar-refractivity contribution in [1.29, 1.82) is 0 Å². The van der Waals surface area contributed by atoms with Gasteiger partial charge in [-0.1, -0.05) is 30.3 Å². The first kappa shape index (κ1) is 14.6. The molecule has 0 bridgehead atoms. The first-order chi connectivity index (χ1) is 10.7. The lowest BCUT2D eigenvalue weighted by Crippen LogP contribution is -2.27. The maximum absolute atomic E-state index is 12.8. The summed E-state index contributed by atoms with van der Waals surface area (Å²) < 4.78 is 11.0. The number of epoxide rings is 1. The molecule has 1 fully saturated rings. The average molecular weight is 297 g/mol. The van der Waals surface area contributed by atoms with Gasteiger partial charge in [-0.2, -0.15) is 0 Å². The minimum atomic E-state index is -0.0818. The van der Waals surface area contributed by atoms with Crippen molar-refractivity contribution < 1.29 is 14.3 Å². The van der Waals surface area contributed by atoms with Gasteiger partial charge in [0, 0.05) is 12.7 Å². The van der Waals surface area contributed by atoms with Crippen molar-refractivity contribution in [3.8, 4) is 5.75 Å². The lowest BCUT2D eigenvalue weighted by molar-refractivity contribution is 0.0988. The number of carbonyl (C=O) groups is 1. The highest BCUT2D eigenvalue weighted by molar-refractivity contribution is 6.07. The van der Waals surface area contributed by atoms with E-state index in [2.05, 4.69) is 0 Å². The van der Waals surface area contributed by atoms with Crippen molar-refractivity contribution in [1.82, 2.24) is 0 Å². The van der Waals surface area contributed by atoms with Gasteiger partial charge >= 0.3 is 0 Å². The monoisotopic (exact) mass is 297 g/mol. The van der Waals surface area contributed by atoms with Crippen molar-refractivity contribution in [2.24, 2.45) is 0 Å². The van der Waals surface area contributed by atoms with E-state index in [-0.39, 0.29) is 12.0 Å². The molecule has 2 aromatic rings. The Labute approximate surface area is 130 Å². The van der Waals surface area contributed by atoms with Gasteiger partial charge < -0.3 is 14.4 Å². The largest absolute Gasteiger partial charge is 0.490 e. The summed E-state index contributed by atoms with van der Waals surface area (Å²) in [4.78, 5) is 14.4. The maximum atomic E-state index is 12.8. The molecule has 1 saturated heterocycles. The van der Waals surface area contributed by atoms with Gasteiger partial charge in [-0.15, -0.1) is 0 Å². The summed E-state index contributed by atoms with van der Waals surface area (Å²) in [5.74, 6) is 0.562. The second-order valence-electron chi connectivity index (χ2n) is 5.42. The van der Waals surface area contributed by atoms with Gasteiger partial charge in [0.05, 0.1) is 12.2 Å². The summed E-state index contributed by atoms with van der Waals surface area (Å²) in [6, 6.07) is 15.2. The van der Waals surface area contributed by atoms with Crippen LogP contribution in [0.1, 0.15) is 15.9 Å². The van der Waals surface area contributed by atoms with Crippen molar-refractivity contribution in [2.45, 2.75) is 13.0 Å². The molecular formula is C18H19NO3. The Balaban J connectivity index is 1.86. The third kappa shape index (κ3) is 3.12. The molecule has 1 atom stereocenters. The van der Waals surface area contributed by atoms with Gasteiger partial charge in [-0.25, -0.2) is 0 Å². The molecule has 1 aliphatic heterocycles. The Bertz CT molecular complexity index is 665. The second-order valence-corrected chi connectivity index (χ2v) is 5.42. The van der Waals surface area contributed by atoms with Crippen LogP contribution in [0.2, 0.25) is 0 Å². The number of ether oxygens (including phenoxy) is 2. The van der Waals surface area contributed by atoms with Crippen molar-refractivity contribution in [2.75, 3.05) is 25.2 Å². The minimum absolute atomic E-state index is 0.0818. The number of hydrogen-bond acceptors (Lipinski definition) is 3. The molecule has 0 spiro atoms. The summed E-state index contributed by atoms with van der Waals surface area (Å²) in [6.07, 6.45) is 0.161. The van der Waals surface area contributed by atoms with Gasteiger partial charge in [-0.05, 0) is 30.7 Å². The number of anilines is 1. The molecule has 0 radical (unpaired) electrons. The molecular weight excluding hydrogens is 278 g/mol. The van der Waals surface area contributed by atoms with E-state index in [1.165, 1.54) is 0 Å². The molecule has 4 heteroatoms. The zero-order chi connectivity index (χ0) is 15.5. The summed E-state index contributed by atoms with van der Waals surface area (Å²) in [5, 5.41) is 0. The molecule has 1 aliphatic rings. The third-order valence-electron chi connectivity index (χ3n) is 3.71. The Hall–Kier alpha value is -2.33. The van der Waals surface area contributed by atoms with E-state index in [0.717, 1.165) is 17.9 Å². The average Bonchev–Trinajstić information content (AvgIpc) is 3.37. The molecule has 2 aromatic carbocycles. The molecule has 1 amide bonds. The Morgan fingerprint density at radius 2 is 1.95 bits per heavy atom. The number of amides is 1. The fourth-order valence-electron chi connectivity index (χ4n) is 2.30. The first-order valence-electron chi connectivity index (χ1n) is 7.34. The SMILES string of the molecule is Cc1cccc(C(=O)N(C)c2ccccc2)c1OCC1CO1. The van der Waals surface area contributed by atoms with Crippen molar-refractivity contribution in [3.63, 3.8) is 0 Å². The predicted octanol–water partition coefficient (Wildman–Crippen LogP) is 3.05. The van der Waals surface area contributed by atoms with E-state index in [4.69, 9.17) is 9.47 Å². The molecule has 3 rings (SSSR count). The molecule has 0 N–H and O–H groups in total. The van der Waals surface area contributed by atoms with Gasteiger partial charge in [0.2, 0.25) is 0 Å². The molecule has 114 valence electrons. The normalized spacial score (nSPS) is 16.2. The predicted molar refractivity (Wildman–Crippen MR) is 85.6 cm³/mol. The van der Waals surface area contributed by atoms with E-state index in [0.29, 0.717) is 17.9 Å². The van der Waals surface area contributed by atoms with E-state index in [1.54, 1.807) is 18.0 Å². The van der Waals surface area contributed by atoms with Crippen LogP contribution < -0.4 is 9.64 Å². The second kappa shape index (κ2) is 6.20. The number of hydrogen-bond donors (Lipinski definition) is 0. The van der Waals surface area contributed by atoms with E-state index < -0.39 is 0 Å². The molecule has 1 heterocycles. The van der Waals surface area contributed by atoms with Crippen LogP contribution in [0.15, 0.2) is 48.5 Å². The molecule has 0 saturated carbocycles. The van der Waals surface area contributed by atoms with Gasteiger partial charge in [0.25, 0.3) is 5.91 Å². The van der Waals surface area contributed by atoms with E-state index >= 15 is 0 Å². The van der Waals surface area contributed by atoms with Gasteiger partial charge in [0.15, 0.2) is 0 Å². The molecule has 0 aliphatic carbocycles. The van der Waals surface area contributed by atoms with Crippen molar-refractivity contribution >= 4 is 11.6 Å². The number of nitrogens with zero attached hydrogens (tertiary/aromatic N) is 1. The van der Waals surface area contributed by atoms with Crippen LogP contribution in [0.5, 0.6) is 5.75 Å². The van der Waals surface area contributed by atoms with Crippen LogP contribution in [0.25, 0.3) is 0 Å². The molecule has 0 aromatic heterocycles. The number of carbonyl (C=O) groups excluding carboxylic acids is 1. The highest BCUT2D eigenvalue weighted by Crippen LogP contribution is 2.27. The minimum Gasteiger partial charge on any atom is -0.490 e. The topological polar surface area (TPSA) is 42.1 Å². The van der Waals surface area contributed by atoms with Crippen LogP contribution >= 0.6 is 0 Å². The number of rotatable bonds is 5. The Morgan fingerprint density at radius 3 is 2.64 bits per heavy atom. The summed E-state index contributed by atoms with van der Waals surface area (Å²) in [5.41, 5.74) is 2.38. The zero-order valence-corrected chi connectivity index (χ0v) is 12.8. The smallest absolute Gasteiger partial charge is 0.261 e. The first-order valence-corrected chi connectivity index (χ1v) is 7.34. The quantitative estimate of drug-likeness (QED) is 0.797. The van der Waals surface area contributed by atoms with Crippen LogP contribution in [0, 0.1) is 6.92 Å². The van der Waals surface area contributed by atoms with Crippen LogP contribution in [0.4, 0.5) is 5.69 Å². The number of benzene rings is 2. The van der Waals surface area contributed by atoms with Crippen LogP contribution in [-0.2, 0) is 4.74 Å². The maximum Gasteiger partial charge on any atom is 0.261 e.